The molecule has 1 aliphatic heterocycles. The Kier molecular flexibility index (Phi) is 3.52. The molecule has 3 rings (SSSR count). The third kappa shape index (κ3) is 2.44. The molecule has 1 atom stereocenters. The van der Waals surface area contributed by atoms with Crippen LogP contribution in [-0.4, -0.2) is 28.5 Å². The summed E-state index contributed by atoms with van der Waals surface area (Å²) in [6.45, 7) is 3.84. The second-order valence-corrected chi connectivity index (χ2v) is 5.18. The molecule has 0 aliphatic carbocycles. The number of anilines is 1. The molecule has 1 unspecified atom stereocenters. The highest BCUT2D eigenvalue weighted by molar-refractivity contribution is 5.94. The zero-order valence-electron chi connectivity index (χ0n) is 11.4. The molecule has 0 spiro atoms. The summed E-state index contributed by atoms with van der Waals surface area (Å²) in [5.41, 5.74) is 1.74. The molecule has 1 aliphatic rings. The molecule has 1 aromatic heterocycles. The highest BCUT2D eigenvalue weighted by atomic mass is 16.1. The largest absolute Gasteiger partial charge is 0.324 e. The summed E-state index contributed by atoms with van der Waals surface area (Å²) in [4.78, 5) is 16.4. The fourth-order valence-corrected chi connectivity index (χ4v) is 2.33. The van der Waals surface area contributed by atoms with Crippen molar-refractivity contribution in [3.8, 4) is 5.69 Å². The fraction of sp³-hybridized carbons (Fsp3) is 0.333. The Morgan fingerprint density at radius 2 is 2.25 bits per heavy atom. The number of para-hydroxylation sites is 2. The van der Waals surface area contributed by atoms with E-state index < -0.39 is 0 Å². The van der Waals surface area contributed by atoms with Gasteiger partial charge in [-0.1, -0.05) is 19.1 Å². The van der Waals surface area contributed by atoms with Crippen molar-refractivity contribution in [3.05, 3.63) is 43.0 Å². The molecule has 1 amide bonds. The first kappa shape index (κ1) is 12.9. The molecule has 1 saturated heterocycles. The number of amides is 1. The van der Waals surface area contributed by atoms with Crippen LogP contribution in [-0.2, 0) is 4.79 Å². The van der Waals surface area contributed by atoms with Gasteiger partial charge in [0, 0.05) is 18.3 Å². The lowest BCUT2D eigenvalue weighted by Crippen LogP contribution is -2.48. The molecule has 5 heteroatoms. The number of hydrogen-bond acceptors (Lipinski definition) is 3. The topological polar surface area (TPSA) is 59.0 Å². The summed E-state index contributed by atoms with van der Waals surface area (Å²) in [6, 6.07) is 7.75. The van der Waals surface area contributed by atoms with Crippen LogP contribution in [0.15, 0.2) is 43.0 Å². The standard InChI is InChI=1S/C15H18N4O/c1-11(12-8-17-9-12)15(20)18-13-4-2-3-5-14(13)19-7-6-16-10-19/h2-7,10-12,17H,8-9H2,1H3,(H,18,20). The zero-order valence-corrected chi connectivity index (χ0v) is 11.4. The van der Waals surface area contributed by atoms with Crippen LogP contribution in [0.3, 0.4) is 0 Å². The van der Waals surface area contributed by atoms with E-state index in [4.69, 9.17) is 0 Å². The molecule has 2 aromatic rings. The Morgan fingerprint density at radius 3 is 2.90 bits per heavy atom. The van der Waals surface area contributed by atoms with Crippen LogP contribution in [0.25, 0.3) is 5.69 Å². The number of nitrogens with zero attached hydrogens (tertiary/aromatic N) is 2. The fourth-order valence-electron chi connectivity index (χ4n) is 2.33. The summed E-state index contributed by atoms with van der Waals surface area (Å²) in [7, 11) is 0. The van der Waals surface area contributed by atoms with Crippen molar-refractivity contribution in [2.45, 2.75) is 6.92 Å². The van der Waals surface area contributed by atoms with E-state index in [1.807, 2.05) is 42.0 Å². The number of nitrogens with one attached hydrogen (secondary N) is 2. The average molecular weight is 270 g/mol. The molecular weight excluding hydrogens is 252 g/mol. The highest BCUT2D eigenvalue weighted by Gasteiger charge is 2.28. The number of imidazole rings is 1. The molecule has 0 bridgehead atoms. The van der Waals surface area contributed by atoms with Gasteiger partial charge in [0.2, 0.25) is 5.91 Å². The van der Waals surface area contributed by atoms with Crippen molar-refractivity contribution in [2.24, 2.45) is 11.8 Å². The van der Waals surface area contributed by atoms with E-state index in [0.717, 1.165) is 24.5 Å². The van der Waals surface area contributed by atoms with Crippen molar-refractivity contribution in [1.82, 2.24) is 14.9 Å². The normalized spacial score (nSPS) is 16.4. The van der Waals surface area contributed by atoms with Gasteiger partial charge in [0.15, 0.2) is 0 Å². The Labute approximate surface area is 118 Å². The molecule has 1 aromatic carbocycles. The van der Waals surface area contributed by atoms with E-state index in [1.165, 1.54) is 0 Å². The van der Waals surface area contributed by atoms with Crippen molar-refractivity contribution in [3.63, 3.8) is 0 Å². The van der Waals surface area contributed by atoms with Gasteiger partial charge in [-0.3, -0.25) is 4.79 Å². The number of hydrogen-bond donors (Lipinski definition) is 2. The summed E-state index contributed by atoms with van der Waals surface area (Å²) in [5.74, 6) is 0.534. The summed E-state index contributed by atoms with van der Waals surface area (Å²) in [5, 5.41) is 6.23. The zero-order chi connectivity index (χ0) is 13.9. The molecule has 104 valence electrons. The summed E-state index contributed by atoms with van der Waals surface area (Å²) >= 11 is 0. The van der Waals surface area contributed by atoms with Crippen LogP contribution in [0.2, 0.25) is 0 Å². The van der Waals surface area contributed by atoms with Crippen molar-refractivity contribution in [2.75, 3.05) is 18.4 Å². The third-order valence-corrected chi connectivity index (χ3v) is 3.88. The quantitative estimate of drug-likeness (QED) is 0.888. The molecule has 1 fully saturated rings. The minimum absolute atomic E-state index is 0.0205. The van der Waals surface area contributed by atoms with Crippen LogP contribution in [0.5, 0.6) is 0 Å². The van der Waals surface area contributed by atoms with E-state index in [9.17, 15) is 4.79 Å². The second kappa shape index (κ2) is 5.46. The minimum Gasteiger partial charge on any atom is -0.324 e. The van der Waals surface area contributed by atoms with Crippen LogP contribution >= 0.6 is 0 Å². The smallest absolute Gasteiger partial charge is 0.227 e. The summed E-state index contributed by atoms with van der Waals surface area (Å²) < 4.78 is 1.89. The molecule has 2 N–H and O–H groups in total. The maximum absolute atomic E-state index is 12.3. The molecular formula is C15H18N4O. The van der Waals surface area contributed by atoms with Crippen molar-refractivity contribution >= 4 is 11.6 Å². The maximum atomic E-state index is 12.3. The lowest BCUT2D eigenvalue weighted by atomic mass is 9.88. The number of rotatable bonds is 4. The Morgan fingerprint density at radius 1 is 1.45 bits per heavy atom. The highest BCUT2D eigenvalue weighted by Crippen LogP contribution is 2.22. The van der Waals surface area contributed by atoms with Gasteiger partial charge in [-0.2, -0.15) is 0 Å². The van der Waals surface area contributed by atoms with Gasteiger partial charge in [0.25, 0.3) is 0 Å². The van der Waals surface area contributed by atoms with Gasteiger partial charge in [-0.15, -0.1) is 0 Å². The van der Waals surface area contributed by atoms with E-state index in [0.29, 0.717) is 5.92 Å². The van der Waals surface area contributed by atoms with Gasteiger partial charge >= 0.3 is 0 Å². The predicted molar refractivity (Wildman–Crippen MR) is 77.7 cm³/mol. The van der Waals surface area contributed by atoms with Crippen LogP contribution < -0.4 is 10.6 Å². The third-order valence-electron chi connectivity index (χ3n) is 3.88. The van der Waals surface area contributed by atoms with Gasteiger partial charge in [-0.05, 0) is 31.1 Å². The van der Waals surface area contributed by atoms with E-state index in [-0.39, 0.29) is 11.8 Å². The van der Waals surface area contributed by atoms with Gasteiger partial charge in [0.05, 0.1) is 17.7 Å². The first-order chi connectivity index (χ1) is 9.75. The average Bonchev–Trinajstić information content (AvgIpc) is 2.91. The number of benzene rings is 1. The monoisotopic (exact) mass is 270 g/mol. The lowest BCUT2D eigenvalue weighted by Gasteiger charge is -2.31. The van der Waals surface area contributed by atoms with Crippen LogP contribution in [0.1, 0.15) is 6.92 Å². The molecule has 2 heterocycles. The molecule has 0 saturated carbocycles. The Hall–Kier alpha value is -2.14. The Balaban J connectivity index is 1.79. The first-order valence-corrected chi connectivity index (χ1v) is 6.84. The van der Waals surface area contributed by atoms with Crippen LogP contribution in [0.4, 0.5) is 5.69 Å². The SMILES string of the molecule is CC(C(=O)Nc1ccccc1-n1ccnc1)C1CNC1. The first-order valence-electron chi connectivity index (χ1n) is 6.84. The summed E-state index contributed by atoms with van der Waals surface area (Å²) in [6.07, 6.45) is 5.32. The molecule has 20 heavy (non-hydrogen) atoms. The van der Waals surface area contributed by atoms with E-state index in [1.54, 1.807) is 12.5 Å². The van der Waals surface area contributed by atoms with E-state index in [2.05, 4.69) is 15.6 Å². The molecule has 0 radical (unpaired) electrons. The number of carbonyl (C=O) groups excluding carboxylic acids is 1. The lowest BCUT2D eigenvalue weighted by molar-refractivity contribution is -0.121. The Bertz CT molecular complexity index is 590. The van der Waals surface area contributed by atoms with Crippen LogP contribution in [0, 0.1) is 11.8 Å². The van der Waals surface area contributed by atoms with Gasteiger partial charge in [-0.25, -0.2) is 4.98 Å². The number of carbonyl (C=O) groups is 1. The predicted octanol–water partition coefficient (Wildman–Crippen LogP) is 1.67. The minimum atomic E-state index is 0.0205. The van der Waals surface area contributed by atoms with E-state index >= 15 is 0 Å². The van der Waals surface area contributed by atoms with Crippen molar-refractivity contribution in [1.29, 1.82) is 0 Å². The maximum Gasteiger partial charge on any atom is 0.227 e. The van der Waals surface area contributed by atoms with Gasteiger partial charge < -0.3 is 15.2 Å². The second-order valence-electron chi connectivity index (χ2n) is 5.18. The van der Waals surface area contributed by atoms with Gasteiger partial charge in [0.1, 0.15) is 0 Å². The number of aromatic nitrogens is 2. The van der Waals surface area contributed by atoms with Crippen molar-refractivity contribution < 1.29 is 4.79 Å². The molecule has 5 nitrogen and oxygen atoms in total.